The molecule has 3 heterocycles. The highest BCUT2D eigenvalue weighted by atomic mass is 19.4. The van der Waals surface area contributed by atoms with Crippen LogP contribution in [0.4, 0.5) is 24.7 Å². The number of aromatic carboxylic acids is 1. The molecule has 0 saturated carbocycles. The summed E-state index contributed by atoms with van der Waals surface area (Å²) in [5.41, 5.74) is 2.20. The average molecular weight is 489 g/mol. The maximum atomic E-state index is 13.4. The Balaban J connectivity index is 1.80. The van der Waals surface area contributed by atoms with E-state index in [-0.39, 0.29) is 29.9 Å². The number of carboxylic acid groups (broad SMARTS) is 1. The molecule has 10 heteroatoms. The van der Waals surface area contributed by atoms with Crippen LogP contribution in [0.15, 0.2) is 41.3 Å². The normalized spacial score (nSPS) is 17.4. The van der Waals surface area contributed by atoms with Crippen LogP contribution in [-0.4, -0.2) is 39.7 Å². The zero-order chi connectivity index (χ0) is 25.5. The van der Waals surface area contributed by atoms with Gasteiger partial charge in [0.05, 0.1) is 23.1 Å². The van der Waals surface area contributed by atoms with Crippen molar-refractivity contribution in [2.75, 3.05) is 23.3 Å². The van der Waals surface area contributed by atoms with Gasteiger partial charge < -0.3 is 15.3 Å². The lowest BCUT2D eigenvalue weighted by molar-refractivity contribution is -0.176. The molecular formula is C25H27F3N4O3. The first kappa shape index (κ1) is 24.6. The van der Waals surface area contributed by atoms with Gasteiger partial charge in [0.1, 0.15) is 11.5 Å². The molecule has 1 aromatic carbocycles. The molecule has 0 radical (unpaired) electrons. The van der Waals surface area contributed by atoms with Gasteiger partial charge in [-0.15, -0.1) is 0 Å². The molecule has 7 nitrogen and oxygen atoms in total. The van der Waals surface area contributed by atoms with Crippen LogP contribution in [0.25, 0.3) is 5.65 Å². The number of rotatable bonds is 5. The standard InChI is InChI=1S/C25H27F3N4O3/c1-14-11-19(16(3)29-20-9-5-4-8-18(20)24(34)35)22-30-21(15(2)23(33)32(22)12-14)31-10-6-7-17(13-31)25(26,27)28/h4-5,8-9,11-12,16-17,29H,6-7,10,13H2,1-3H3,(H,34,35)/t16-,17+/m1/s1. The van der Waals surface area contributed by atoms with Crippen molar-refractivity contribution in [3.8, 4) is 0 Å². The van der Waals surface area contributed by atoms with Crippen molar-refractivity contribution in [2.45, 2.75) is 45.8 Å². The maximum absolute atomic E-state index is 13.4. The quantitative estimate of drug-likeness (QED) is 0.528. The number of carbonyl (C=O) groups is 1. The molecule has 0 amide bonds. The first-order valence-corrected chi connectivity index (χ1v) is 11.4. The third kappa shape index (κ3) is 4.82. The van der Waals surface area contributed by atoms with E-state index < -0.39 is 24.1 Å². The van der Waals surface area contributed by atoms with E-state index in [2.05, 4.69) is 5.32 Å². The number of fused-ring (bicyclic) bond motifs is 1. The number of hydrogen-bond acceptors (Lipinski definition) is 5. The minimum atomic E-state index is -4.31. The first-order valence-electron chi connectivity index (χ1n) is 11.4. The van der Waals surface area contributed by atoms with Crippen LogP contribution in [0.5, 0.6) is 0 Å². The SMILES string of the molecule is Cc1cc([C@@H](C)Nc2ccccc2C(=O)O)c2nc(N3CCC[C@H](C(F)(F)F)C3)c(C)c(=O)n2c1. The lowest BCUT2D eigenvalue weighted by Gasteiger charge is -2.35. The van der Waals surface area contributed by atoms with Crippen molar-refractivity contribution in [1.82, 2.24) is 9.38 Å². The van der Waals surface area contributed by atoms with E-state index in [4.69, 9.17) is 4.98 Å². The summed E-state index contributed by atoms with van der Waals surface area (Å²) in [6.07, 6.45) is -2.25. The van der Waals surface area contributed by atoms with Gasteiger partial charge in [0.15, 0.2) is 0 Å². The van der Waals surface area contributed by atoms with Crippen molar-refractivity contribution in [3.63, 3.8) is 0 Å². The maximum Gasteiger partial charge on any atom is 0.393 e. The highest BCUT2D eigenvalue weighted by Crippen LogP contribution is 2.35. The number of aromatic nitrogens is 2. The molecule has 2 aromatic heterocycles. The van der Waals surface area contributed by atoms with Crippen molar-refractivity contribution >= 4 is 23.1 Å². The Kier molecular flexibility index (Phi) is 6.48. The Morgan fingerprint density at radius 1 is 1.26 bits per heavy atom. The molecule has 1 saturated heterocycles. The van der Waals surface area contributed by atoms with Crippen LogP contribution in [0.2, 0.25) is 0 Å². The van der Waals surface area contributed by atoms with Crippen LogP contribution in [0.1, 0.15) is 52.9 Å². The molecule has 186 valence electrons. The number of halogens is 3. The van der Waals surface area contributed by atoms with E-state index in [1.54, 1.807) is 36.2 Å². The monoisotopic (exact) mass is 488 g/mol. The van der Waals surface area contributed by atoms with Gasteiger partial charge >= 0.3 is 12.1 Å². The smallest absolute Gasteiger partial charge is 0.393 e. The number of nitrogens with one attached hydrogen (secondary N) is 1. The Bertz CT molecular complexity index is 1340. The zero-order valence-electron chi connectivity index (χ0n) is 19.7. The average Bonchev–Trinajstić information content (AvgIpc) is 2.81. The minimum absolute atomic E-state index is 0.0556. The number of nitrogens with zero attached hydrogens (tertiary/aromatic N) is 3. The molecule has 0 bridgehead atoms. The summed E-state index contributed by atoms with van der Waals surface area (Å²) in [5.74, 6) is -2.29. The molecule has 35 heavy (non-hydrogen) atoms. The predicted molar refractivity (Wildman–Crippen MR) is 127 cm³/mol. The van der Waals surface area contributed by atoms with E-state index in [1.165, 1.54) is 10.5 Å². The van der Waals surface area contributed by atoms with Gasteiger partial charge in [0, 0.05) is 30.5 Å². The highest BCUT2D eigenvalue weighted by Gasteiger charge is 2.42. The number of pyridine rings is 1. The second-order valence-corrected chi connectivity index (χ2v) is 9.08. The molecule has 4 rings (SSSR count). The van der Waals surface area contributed by atoms with E-state index in [0.717, 1.165) is 5.56 Å². The number of anilines is 2. The van der Waals surface area contributed by atoms with Gasteiger partial charge in [0.25, 0.3) is 5.56 Å². The molecule has 1 aliphatic rings. The summed E-state index contributed by atoms with van der Waals surface area (Å²) < 4.78 is 41.6. The van der Waals surface area contributed by atoms with Gasteiger partial charge in [-0.3, -0.25) is 9.20 Å². The Morgan fingerprint density at radius 2 is 1.97 bits per heavy atom. The van der Waals surface area contributed by atoms with E-state index in [1.807, 2.05) is 19.9 Å². The largest absolute Gasteiger partial charge is 0.478 e. The minimum Gasteiger partial charge on any atom is -0.478 e. The Labute approximate surface area is 200 Å². The molecule has 1 fully saturated rings. The first-order chi connectivity index (χ1) is 16.5. The molecule has 0 aliphatic carbocycles. The summed E-state index contributed by atoms with van der Waals surface area (Å²) in [5, 5.41) is 12.7. The number of carboxylic acids is 1. The van der Waals surface area contributed by atoms with Crippen LogP contribution in [0, 0.1) is 19.8 Å². The molecule has 2 N–H and O–H groups in total. The van der Waals surface area contributed by atoms with Crippen molar-refractivity contribution in [2.24, 2.45) is 5.92 Å². The van der Waals surface area contributed by atoms with Crippen LogP contribution in [0.3, 0.4) is 0 Å². The third-order valence-electron chi connectivity index (χ3n) is 6.47. The second kappa shape index (κ2) is 9.24. The van der Waals surface area contributed by atoms with Crippen LogP contribution in [-0.2, 0) is 0 Å². The van der Waals surface area contributed by atoms with E-state index in [0.29, 0.717) is 35.4 Å². The summed E-state index contributed by atoms with van der Waals surface area (Å²) >= 11 is 0. The van der Waals surface area contributed by atoms with Gasteiger partial charge in [0.2, 0.25) is 0 Å². The summed E-state index contributed by atoms with van der Waals surface area (Å²) in [4.78, 5) is 31.2. The topological polar surface area (TPSA) is 86.9 Å². The molecule has 2 atom stereocenters. The predicted octanol–water partition coefficient (Wildman–Crippen LogP) is 4.96. The Morgan fingerprint density at radius 3 is 2.66 bits per heavy atom. The third-order valence-corrected chi connectivity index (χ3v) is 6.47. The number of para-hydroxylation sites is 1. The molecular weight excluding hydrogens is 461 g/mol. The van der Waals surface area contributed by atoms with Crippen molar-refractivity contribution < 1.29 is 23.1 Å². The van der Waals surface area contributed by atoms with Gasteiger partial charge in [-0.2, -0.15) is 13.2 Å². The van der Waals surface area contributed by atoms with E-state index in [9.17, 15) is 27.9 Å². The van der Waals surface area contributed by atoms with E-state index >= 15 is 0 Å². The van der Waals surface area contributed by atoms with Crippen LogP contribution < -0.4 is 15.8 Å². The molecule has 0 spiro atoms. The van der Waals surface area contributed by atoms with Crippen LogP contribution >= 0.6 is 0 Å². The number of alkyl halides is 3. The highest BCUT2D eigenvalue weighted by molar-refractivity contribution is 5.94. The van der Waals surface area contributed by atoms with Crippen molar-refractivity contribution in [1.29, 1.82) is 0 Å². The fraction of sp³-hybridized carbons (Fsp3) is 0.400. The molecule has 0 unspecified atom stereocenters. The van der Waals surface area contributed by atoms with Gasteiger partial charge in [-0.25, -0.2) is 9.78 Å². The summed E-state index contributed by atoms with van der Waals surface area (Å²) in [6.45, 7) is 5.38. The fourth-order valence-corrected chi connectivity index (χ4v) is 4.65. The van der Waals surface area contributed by atoms with Gasteiger partial charge in [-0.05, 0) is 57.4 Å². The lowest BCUT2D eigenvalue weighted by atomic mass is 9.97. The van der Waals surface area contributed by atoms with Gasteiger partial charge in [-0.1, -0.05) is 12.1 Å². The number of benzene rings is 1. The summed E-state index contributed by atoms with van der Waals surface area (Å²) in [6, 6.07) is 7.88. The fourth-order valence-electron chi connectivity index (χ4n) is 4.65. The Hall–Kier alpha value is -3.56. The summed E-state index contributed by atoms with van der Waals surface area (Å²) in [7, 11) is 0. The number of piperidine rings is 1. The lowest BCUT2D eigenvalue weighted by Crippen LogP contribution is -2.43. The van der Waals surface area contributed by atoms with Crippen molar-refractivity contribution in [3.05, 3.63) is 69.1 Å². The molecule has 3 aromatic rings. The second-order valence-electron chi connectivity index (χ2n) is 9.08. The zero-order valence-corrected chi connectivity index (χ0v) is 19.7. The number of aryl methyl sites for hydroxylation is 1. The number of hydrogen-bond donors (Lipinski definition) is 2. The molecule has 1 aliphatic heterocycles.